The van der Waals surface area contributed by atoms with Crippen LogP contribution in [0.25, 0.3) is 0 Å². The van der Waals surface area contributed by atoms with E-state index in [0.717, 1.165) is 18.4 Å². The minimum absolute atomic E-state index is 0.291. The summed E-state index contributed by atoms with van der Waals surface area (Å²) < 4.78 is 0. The van der Waals surface area contributed by atoms with Crippen LogP contribution in [0.3, 0.4) is 0 Å². The van der Waals surface area contributed by atoms with Gasteiger partial charge >= 0.3 is 0 Å². The van der Waals surface area contributed by atoms with Gasteiger partial charge < -0.3 is 5.11 Å². The minimum atomic E-state index is -0.291. The molecule has 1 atom stereocenters. The number of rotatable bonds is 4. The highest BCUT2D eigenvalue weighted by Crippen LogP contribution is 2.10. The maximum atomic E-state index is 9.71. The summed E-state index contributed by atoms with van der Waals surface area (Å²) in [7, 11) is 0. The van der Waals surface area contributed by atoms with Crippen molar-refractivity contribution < 1.29 is 5.11 Å². The topological polar surface area (TPSA) is 20.2 Å². The Kier molecular flexibility index (Phi) is 4.41. The van der Waals surface area contributed by atoms with E-state index < -0.39 is 0 Å². The summed E-state index contributed by atoms with van der Waals surface area (Å²) in [5.41, 5.74) is 2.34. The molecule has 1 nitrogen and oxygen atoms in total. The SMILES string of the molecule is C/C=C(\C)C(O)CCc1ccccc1. The van der Waals surface area contributed by atoms with E-state index in [9.17, 15) is 5.11 Å². The highest BCUT2D eigenvalue weighted by molar-refractivity contribution is 5.15. The quantitative estimate of drug-likeness (QED) is 0.724. The van der Waals surface area contributed by atoms with Crippen molar-refractivity contribution in [2.45, 2.75) is 32.8 Å². The molecule has 1 aromatic rings. The van der Waals surface area contributed by atoms with E-state index in [2.05, 4.69) is 12.1 Å². The molecule has 0 spiro atoms. The molecule has 0 aliphatic rings. The van der Waals surface area contributed by atoms with Gasteiger partial charge in [0.05, 0.1) is 6.10 Å². The van der Waals surface area contributed by atoms with Crippen LogP contribution < -0.4 is 0 Å². The lowest BCUT2D eigenvalue weighted by Gasteiger charge is -2.10. The van der Waals surface area contributed by atoms with E-state index in [1.165, 1.54) is 5.56 Å². The van der Waals surface area contributed by atoms with Gasteiger partial charge in [0.15, 0.2) is 0 Å². The number of benzene rings is 1. The van der Waals surface area contributed by atoms with Crippen molar-refractivity contribution in [1.29, 1.82) is 0 Å². The lowest BCUT2D eigenvalue weighted by molar-refractivity contribution is 0.200. The van der Waals surface area contributed by atoms with Crippen LogP contribution in [0.15, 0.2) is 42.0 Å². The van der Waals surface area contributed by atoms with Crippen molar-refractivity contribution in [1.82, 2.24) is 0 Å². The van der Waals surface area contributed by atoms with Gasteiger partial charge in [-0.3, -0.25) is 0 Å². The van der Waals surface area contributed by atoms with Gasteiger partial charge in [0, 0.05) is 0 Å². The summed E-state index contributed by atoms with van der Waals surface area (Å²) in [5.74, 6) is 0. The Balaban J connectivity index is 2.42. The molecule has 0 saturated heterocycles. The smallest absolute Gasteiger partial charge is 0.0750 e. The second-order valence-electron chi connectivity index (χ2n) is 3.57. The second-order valence-corrected chi connectivity index (χ2v) is 3.57. The molecule has 1 N–H and O–H groups in total. The molecule has 0 aliphatic heterocycles. The largest absolute Gasteiger partial charge is 0.389 e. The van der Waals surface area contributed by atoms with Gasteiger partial charge in [0.2, 0.25) is 0 Å². The van der Waals surface area contributed by atoms with Gasteiger partial charge in [0.25, 0.3) is 0 Å². The van der Waals surface area contributed by atoms with Crippen LogP contribution in [-0.4, -0.2) is 11.2 Å². The molecule has 1 unspecified atom stereocenters. The van der Waals surface area contributed by atoms with Gasteiger partial charge in [-0.2, -0.15) is 0 Å². The third kappa shape index (κ3) is 3.35. The molecule has 0 heterocycles. The predicted octanol–water partition coefficient (Wildman–Crippen LogP) is 2.95. The number of allylic oxidation sites excluding steroid dienone is 1. The molecule has 0 amide bonds. The third-order valence-electron chi connectivity index (χ3n) is 2.53. The number of aryl methyl sites for hydroxylation is 1. The summed E-state index contributed by atoms with van der Waals surface area (Å²) in [6.45, 7) is 3.93. The first-order valence-electron chi connectivity index (χ1n) is 5.09. The normalized spacial score (nSPS) is 14.1. The highest BCUT2D eigenvalue weighted by atomic mass is 16.3. The van der Waals surface area contributed by atoms with Gasteiger partial charge in [-0.05, 0) is 37.8 Å². The van der Waals surface area contributed by atoms with Crippen molar-refractivity contribution in [2.24, 2.45) is 0 Å². The zero-order chi connectivity index (χ0) is 10.4. The molecule has 0 aliphatic carbocycles. The van der Waals surface area contributed by atoms with Crippen LogP contribution in [0, 0.1) is 0 Å². The van der Waals surface area contributed by atoms with E-state index in [0.29, 0.717) is 0 Å². The first-order chi connectivity index (χ1) is 6.74. The Bertz CT molecular complexity index is 287. The lowest BCUT2D eigenvalue weighted by Crippen LogP contribution is -2.09. The highest BCUT2D eigenvalue weighted by Gasteiger charge is 2.05. The molecule has 1 heteroatoms. The Labute approximate surface area is 86.1 Å². The molecule has 0 radical (unpaired) electrons. The summed E-state index contributed by atoms with van der Waals surface area (Å²) in [6.07, 6.45) is 3.42. The molecule has 1 aromatic carbocycles. The molecule has 0 bridgehead atoms. The summed E-state index contributed by atoms with van der Waals surface area (Å²) in [5, 5.41) is 9.71. The van der Waals surface area contributed by atoms with Gasteiger partial charge in [-0.15, -0.1) is 0 Å². The van der Waals surface area contributed by atoms with Crippen molar-refractivity contribution in [3.05, 3.63) is 47.5 Å². The monoisotopic (exact) mass is 190 g/mol. The number of aliphatic hydroxyl groups excluding tert-OH is 1. The zero-order valence-electron chi connectivity index (χ0n) is 8.90. The van der Waals surface area contributed by atoms with Crippen LogP contribution >= 0.6 is 0 Å². The van der Waals surface area contributed by atoms with Gasteiger partial charge in [-0.25, -0.2) is 0 Å². The average molecular weight is 190 g/mol. The van der Waals surface area contributed by atoms with E-state index >= 15 is 0 Å². The molecule has 76 valence electrons. The summed E-state index contributed by atoms with van der Waals surface area (Å²) >= 11 is 0. The maximum Gasteiger partial charge on any atom is 0.0750 e. The number of hydrogen-bond acceptors (Lipinski definition) is 1. The molecule has 0 fully saturated rings. The van der Waals surface area contributed by atoms with Crippen LogP contribution in [0.4, 0.5) is 0 Å². The second kappa shape index (κ2) is 5.61. The van der Waals surface area contributed by atoms with Crippen molar-refractivity contribution >= 4 is 0 Å². The van der Waals surface area contributed by atoms with E-state index in [4.69, 9.17) is 0 Å². The fourth-order valence-electron chi connectivity index (χ4n) is 1.37. The van der Waals surface area contributed by atoms with Crippen molar-refractivity contribution in [3.63, 3.8) is 0 Å². The fourth-order valence-corrected chi connectivity index (χ4v) is 1.37. The molecular weight excluding hydrogens is 172 g/mol. The molecule has 14 heavy (non-hydrogen) atoms. The molecule has 0 saturated carbocycles. The molecular formula is C13H18O. The van der Waals surface area contributed by atoms with Gasteiger partial charge in [0.1, 0.15) is 0 Å². The molecule has 0 aromatic heterocycles. The number of hydrogen-bond donors (Lipinski definition) is 1. The lowest BCUT2D eigenvalue weighted by atomic mass is 10.0. The Morgan fingerprint density at radius 2 is 2.00 bits per heavy atom. The average Bonchev–Trinajstić information content (AvgIpc) is 2.26. The van der Waals surface area contributed by atoms with Crippen LogP contribution in [0.2, 0.25) is 0 Å². The predicted molar refractivity (Wildman–Crippen MR) is 60.2 cm³/mol. The van der Waals surface area contributed by atoms with Crippen molar-refractivity contribution in [3.8, 4) is 0 Å². The fraction of sp³-hybridized carbons (Fsp3) is 0.385. The molecule has 1 rings (SSSR count). The summed E-state index contributed by atoms with van der Waals surface area (Å²) in [6, 6.07) is 10.3. The van der Waals surface area contributed by atoms with Crippen LogP contribution in [0.1, 0.15) is 25.8 Å². The third-order valence-corrected chi connectivity index (χ3v) is 2.53. The van der Waals surface area contributed by atoms with Gasteiger partial charge in [-0.1, -0.05) is 36.4 Å². The Hall–Kier alpha value is -1.08. The van der Waals surface area contributed by atoms with E-state index in [1.54, 1.807) is 0 Å². The van der Waals surface area contributed by atoms with E-state index in [-0.39, 0.29) is 6.10 Å². The Morgan fingerprint density at radius 1 is 1.36 bits per heavy atom. The Morgan fingerprint density at radius 3 is 2.57 bits per heavy atom. The standard InChI is InChI=1S/C13H18O/c1-3-11(2)13(14)10-9-12-7-5-4-6-8-12/h3-8,13-14H,9-10H2,1-2H3/b11-3+. The van der Waals surface area contributed by atoms with Crippen LogP contribution in [-0.2, 0) is 6.42 Å². The first kappa shape index (κ1) is 11.0. The maximum absolute atomic E-state index is 9.71. The van der Waals surface area contributed by atoms with E-state index in [1.807, 2.05) is 38.1 Å². The summed E-state index contributed by atoms with van der Waals surface area (Å²) in [4.78, 5) is 0. The minimum Gasteiger partial charge on any atom is -0.389 e. The zero-order valence-corrected chi connectivity index (χ0v) is 8.90. The van der Waals surface area contributed by atoms with Crippen LogP contribution in [0.5, 0.6) is 0 Å². The van der Waals surface area contributed by atoms with Crippen molar-refractivity contribution in [2.75, 3.05) is 0 Å². The number of aliphatic hydroxyl groups is 1. The first-order valence-corrected chi connectivity index (χ1v) is 5.09.